The highest BCUT2D eigenvalue weighted by molar-refractivity contribution is 5.77. The normalized spacial score (nSPS) is 25.3. The van der Waals surface area contributed by atoms with Gasteiger partial charge in [0.25, 0.3) is 0 Å². The number of carbonyl (C=O) groups is 1. The van der Waals surface area contributed by atoms with Crippen molar-refractivity contribution in [3.63, 3.8) is 0 Å². The lowest BCUT2D eigenvalue weighted by Gasteiger charge is -2.28. The van der Waals surface area contributed by atoms with Gasteiger partial charge in [0.2, 0.25) is 0 Å². The number of nitrogens with one attached hydrogen (secondary N) is 1. The summed E-state index contributed by atoms with van der Waals surface area (Å²) in [5.74, 6) is 0. The minimum absolute atomic E-state index is 0.152. The molecule has 2 aliphatic heterocycles. The van der Waals surface area contributed by atoms with Crippen LogP contribution in [0.1, 0.15) is 12.8 Å². The van der Waals surface area contributed by atoms with E-state index in [0.29, 0.717) is 12.5 Å². The van der Waals surface area contributed by atoms with E-state index in [9.17, 15) is 4.79 Å². The molecule has 2 amide bonds. The number of nitriles is 1. The number of piperazine rings is 1. The summed E-state index contributed by atoms with van der Waals surface area (Å²) in [5.41, 5.74) is 0. The first-order valence-electron chi connectivity index (χ1n) is 5.46. The Morgan fingerprint density at radius 3 is 3.20 bits per heavy atom. The average Bonchev–Trinajstić information content (AvgIpc) is 2.57. The molecule has 1 atom stereocenters. The average molecular weight is 208 g/mol. The van der Waals surface area contributed by atoms with Crippen molar-refractivity contribution in [1.29, 1.82) is 5.26 Å². The summed E-state index contributed by atoms with van der Waals surface area (Å²) in [4.78, 5) is 15.7. The van der Waals surface area contributed by atoms with E-state index in [-0.39, 0.29) is 6.03 Å². The highest BCUT2D eigenvalue weighted by Gasteiger charge is 2.37. The molecule has 0 bridgehead atoms. The first-order valence-corrected chi connectivity index (χ1v) is 5.46. The smallest absolute Gasteiger partial charge is 0.320 e. The van der Waals surface area contributed by atoms with Gasteiger partial charge in [-0.2, -0.15) is 5.26 Å². The molecule has 5 heteroatoms. The van der Waals surface area contributed by atoms with Crippen molar-refractivity contribution in [3.05, 3.63) is 0 Å². The van der Waals surface area contributed by atoms with Gasteiger partial charge >= 0.3 is 6.03 Å². The van der Waals surface area contributed by atoms with Crippen LogP contribution in [0.2, 0.25) is 0 Å². The Balaban J connectivity index is 1.87. The Morgan fingerprint density at radius 1 is 1.60 bits per heavy atom. The Morgan fingerprint density at radius 2 is 2.47 bits per heavy atom. The summed E-state index contributed by atoms with van der Waals surface area (Å²) in [7, 11) is 0. The topological polar surface area (TPSA) is 59.4 Å². The van der Waals surface area contributed by atoms with E-state index in [1.54, 1.807) is 0 Å². The molecule has 2 rings (SSSR count). The number of hydrogen-bond acceptors (Lipinski definition) is 3. The van der Waals surface area contributed by atoms with Crippen LogP contribution in [0.25, 0.3) is 0 Å². The van der Waals surface area contributed by atoms with Crippen LogP contribution in [0.4, 0.5) is 4.79 Å². The summed E-state index contributed by atoms with van der Waals surface area (Å²) in [5, 5.41) is 11.7. The van der Waals surface area contributed by atoms with Crippen LogP contribution in [0.3, 0.4) is 0 Å². The van der Waals surface area contributed by atoms with E-state index in [0.717, 1.165) is 39.1 Å². The SMILES string of the molecule is N#CCCCN1CC2CNCCN2C1=O. The van der Waals surface area contributed by atoms with Crippen molar-refractivity contribution in [2.24, 2.45) is 0 Å². The first-order chi connectivity index (χ1) is 7.33. The van der Waals surface area contributed by atoms with Crippen LogP contribution in [0.15, 0.2) is 0 Å². The van der Waals surface area contributed by atoms with Crippen molar-refractivity contribution >= 4 is 6.03 Å². The van der Waals surface area contributed by atoms with Gasteiger partial charge in [-0.15, -0.1) is 0 Å². The van der Waals surface area contributed by atoms with Crippen molar-refractivity contribution in [2.45, 2.75) is 18.9 Å². The highest BCUT2D eigenvalue weighted by atomic mass is 16.2. The Hall–Kier alpha value is -1.28. The molecule has 2 heterocycles. The standard InChI is InChI=1S/C10H16N4O/c11-3-1-2-5-13-8-9-7-12-4-6-14(9)10(13)15/h9,12H,1-2,4-8H2. The molecule has 15 heavy (non-hydrogen) atoms. The molecule has 2 saturated heterocycles. The summed E-state index contributed by atoms with van der Waals surface area (Å²) in [6.45, 7) is 4.16. The maximum absolute atomic E-state index is 11.9. The molecular formula is C10H16N4O. The van der Waals surface area contributed by atoms with Crippen molar-refractivity contribution < 1.29 is 4.79 Å². The molecule has 1 N–H and O–H groups in total. The molecule has 0 aromatic rings. The van der Waals surface area contributed by atoms with Gasteiger partial charge in [0.1, 0.15) is 0 Å². The maximum Gasteiger partial charge on any atom is 0.320 e. The summed E-state index contributed by atoms with van der Waals surface area (Å²) in [6.07, 6.45) is 1.32. The molecule has 2 fully saturated rings. The Labute approximate surface area is 89.6 Å². The van der Waals surface area contributed by atoms with E-state index < -0.39 is 0 Å². The highest BCUT2D eigenvalue weighted by Crippen LogP contribution is 2.17. The van der Waals surface area contributed by atoms with Gasteiger partial charge < -0.3 is 15.1 Å². The van der Waals surface area contributed by atoms with E-state index in [1.165, 1.54) is 0 Å². The molecule has 0 aliphatic carbocycles. The van der Waals surface area contributed by atoms with E-state index in [1.807, 2.05) is 9.80 Å². The van der Waals surface area contributed by atoms with Crippen molar-refractivity contribution in [1.82, 2.24) is 15.1 Å². The lowest BCUT2D eigenvalue weighted by Crippen LogP contribution is -2.49. The molecule has 0 spiro atoms. The maximum atomic E-state index is 11.9. The van der Waals surface area contributed by atoms with E-state index >= 15 is 0 Å². The Kier molecular flexibility index (Phi) is 3.07. The molecule has 5 nitrogen and oxygen atoms in total. The van der Waals surface area contributed by atoms with Gasteiger partial charge in [0.15, 0.2) is 0 Å². The predicted molar refractivity (Wildman–Crippen MR) is 55.2 cm³/mol. The predicted octanol–water partition coefficient (Wildman–Crippen LogP) is -0.000420. The number of rotatable bonds is 3. The van der Waals surface area contributed by atoms with Gasteiger partial charge in [0.05, 0.1) is 12.1 Å². The fourth-order valence-corrected chi connectivity index (χ4v) is 2.23. The zero-order valence-corrected chi connectivity index (χ0v) is 8.78. The lowest BCUT2D eigenvalue weighted by molar-refractivity contribution is 0.179. The minimum atomic E-state index is 0.152. The molecular weight excluding hydrogens is 192 g/mol. The van der Waals surface area contributed by atoms with Gasteiger partial charge in [-0.1, -0.05) is 0 Å². The minimum Gasteiger partial charge on any atom is -0.322 e. The second-order valence-corrected chi connectivity index (χ2v) is 4.04. The molecule has 82 valence electrons. The fourth-order valence-electron chi connectivity index (χ4n) is 2.23. The van der Waals surface area contributed by atoms with E-state index in [2.05, 4.69) is 11.4 Å². The quantitative estimate of drug-likeness (QED) is 0.664. The number of unbranched alkanes of at least 4 members (excludes halogenated alkanes) is 1. The molecule has 0 radical (unpaired) electrons. The number of hydrogen-bond donors (Lipinski definition) is 1. The first kappa shape index (κ1) is 10.2. The van der Waals surface area contributed by atoms with Crippen LogP contribution in [-0.2, 0) is 0 Å². The molecule has 2 aliphatic rings. The van der Waals surface area contributed by atoms with E-state index in [4.69, 9.17) is 5.26 Å². The third-order valence-corrected chi connectivity index (χ3v) is 3.01. The monoisotopic (exact) mass is 208 g/mol. The van der Waals surface area contributed by atoms with Crippen LogP contribution in [0, 0.1) is 11.3 Å². The summed E-state index contributed by atoms with van der Waals surface area (Å²) >= 11 is 0. The molecule has 0 aromatic heterocycles. The van der Waals surface area contributed by atoms with Crippen molar-refractivity contribution in [2.75, 3.05) is 32.7 Å². The van der Waals surface area contributed by atoms with Gasteiger partial charge in [-0.3, -0.25) is 0 Å². The number of nitrogens with zero attached hydrogens (tertiary/aromatic N) is 3. The van der Waals surface area contributed by atoms with Crippen LogP contribution >= 0.6 is 0 Å². The van der Waals surface area contributed by atoms with Crippen LogP contribution < -0.4 is 5.32 Å². The summed E-state index contributed by atoms with van der Waals surface area (Å²) < 4.78 is 0. The zero-order chi connectivity index (χ0) is 10.7. The number of urea groups is 1. The summed E-state index contributed by atoms with van der Waals surface area (Å²) in [6, 6.07) is 2.60. The van der Waals surface area contributed by atoms with Crippen LogP contribution in [-0.4, -0.2) is 54.6 Å². The van der Waals surface area contributed by atoms with Crippen LogP contribution in [0.5, 0.6) is 0 Å². The third-order valence-electron chi connectivity index (χ3n) is 3.01. The largest absolute Gasteiger partial charge is 0.322 e. The van der Waals surface area contributed by atoms with Gasteiger partial charge in [0, 0.05) is 39.1 Å². The third kappa shape index (κ3) is 2.05. The number of fused-ring (bicyclic) bond motifs is 1. The lowest BCUT2D eigenvalue weighted by atomic mass is 10.2. The molecule has 0 saturated carbocycles. The second kappa shape index (κ2) is 4.49. The van der Waals surface area contributed by atoms with Gasteiger partial charge in [-0.25, -0.2) is 4.79 Å². The fraction of sp³-hybridized carbons (Fsp3) is 0.800. The molecule has 1 unspecified atom stereocenters. The Bertz CT molecular complexity index is 286. The zero-order valence-electron chi connectivity index (χ0n) is 8.78. The molecule has 0 aromatic carbocycles. The van der Waals surface area contributed by atoms with Crippen molar-refractivity contribution in [3.8, 4) is 6.07 Å². The number of amides is 2. The second-order valence-electron chi connectivity index (χ2n) is 4.04. The van der Waals surface area contributed by atoms with Gasteiger partial charge in [-0.05, 0) is 6.42 Å². The number of carbonyl (C=O) groups excluding carboxylic acids is 1.